The van der Waals surface area contributed by atoms with Gasteiger partial charge in [-0.25, -0.2) is 0 Å². The lowest BCUT2D eigenvalue weighted by Gasteiger charge is -1.97. The molecule has 0 saturated heterocycles. The van der Waals surface area contributed by atoms with Gasteiger partial charge in [-0.3, -0.25) is 0 Å². The predicted octanol–water partition coefficient (Wildman–Crippen LogP) is 3.07. The van der Waals surface area contributed by atoms with Gasteiger partial charge in [-0.15, -0.1) is 0 Å². The van der Waals surface area contributed by atoms with Gasteiger partial charge in [0.2, 0.25) is 0 Å². The molecule has 2 aromatic carbocycles. The van der Waals surface area contributed by atoms with Crippen LogP contribution < -0.4 is 0 Å². The zero-order chi connectivity index (χ0) is 12.7. The molecular weight excluding hydrogens is 222 g/mol. The fourth-order valence-corrected chi connectivity index (χ4v) is 2.42. The first-order valence-electron chi connectivity index (χ1n) is 5.57. The van der Waals surface area contributed by atoms with Crippen molar-refractivity contribution in [2.24, 2.45) is 7.05 Å². The number of nitriles is 2. The molecule has 0 aliphatic heterocycles. The highest BCUT2D eigenvalue weighted by Crippen LogP contribution is 2.31. The Morgan fingerprint density at radius 1 is 1.00 bits per heavy atom. The van der Waals surface area contributed by atoms with E-state index in [1.807, 2.05) is 35.9 Å². The van der Waals surface area contributed by atoms with Crippen LogP contribution in [-0.2, 0) is 7.05 Å². The lowest BCUT2D eigenvalue weighted by molar-refractivity contribution is 1.01. The molecule has 0 unspecified atom stereocenters. The highest BCUT2D eigenvalue weighted by molar-refractivity contribution is 6.10. The summed E-state index contributed by atoms with van der Waals surface area (Å²) in [5.74, 6) is 0. The number of benzene rings is 2. The van der Waals surface area contributed by atoms with Gasteiger partial charge in [-0.05, 0) is 30.3 Å². The Hall–Kier alpha value is -2.78. The van der Waals surface area contributed by atoms with Gasteiger partial charge in [0.25, 0.3) is 0 Å². The summed E-state index contributed by atoms with van der Waals surface area (Å²) in [5, 5.41) is 20.1. The van der Waals surface area contributed by atoms with Crippen LogP contribution in [0.2, 0.25) is 0 Å². The van der Waals surface area contributed by atoms with Gasteiger partial charge in [0.05, 0.1) is 28.8 Å². The standard InChI is InChI=1S/C15H9N3/c1-18-13-6-5-10(8-16)7-12(13)15-11(9-17)3-2-4-14(15)18/h2-7H,1H3. The van der Waals surface area contributed by atoms with Crippen LogP contribution in [-0.4, -0.2) is 4.57 Å². The van der Waals surface area contributed by atoms with Gasteiger partial charge in [0.1, 0.15) is 0 Å². The van der Waals surface area contributed by atoms with E-state index in [9.17, 15) is 5.26 Å². The second-order valence-electron chi connectivity index (χ2n) is 4.21. The van der Waals surface area contributed by atoms with Crippen LogP contribution in [0.15, 0.2) is 36.4 Å². The summed E-state index contributed by atoms with van der Waals surface area (Å²) in [6.45, 7) is 0. The molecule has 0 bridgehead atoms. The Kier molecular flexibility index (Phi) is 2.08. The number of nitrogens with zero attached hydrogens (tertiary/aromatic N) is 3. The maximum absolute atomic E-state index is 9.21. The Balaban J connectivity index is 2.63. The van der Waals surface area contributed by atoms with Gasteiger partial charge >= 0.3 is 0 Å². The Labute approximate surface area is 104 Å². The topological polar surface area (TPSA) is 52.5 Å². The van der Waals surface area contributed by atoms with Crippen LogP contribution in [0.4, 0.5) is 0 Å². The summed E-state index contributed by atoms with van der Waals surface area (Å²) in [5.41, 5.74) is 3.31. The first-order chi connectivity index (χ1) is 8.76. The lowest BCUT2D eigenvalue weighted by Crippen LogP contribution is -1.86. The second-order valence-corrected chi connectivity index (χ2v) is 4.21. The molecule has 0 fully saturated rings. The Morgan fingerprint density at radius 3 is 2.56 bits per heavy atom. The first kappa shape index (κ1) is 10.4. The third kappa shape index (κ3) is 1.22. The smallest absolute Gasteiger partial charge is 0.0998 e. The fraction of sp³-hybridized carbons (Fsp3) is 0.0667. The molecule has 18 heavy (non-hydrogen) atoms. The van der Waals surface area contributed by atoms with Crippen LogP contribution in [0.1, 0.15) is 11.1 Å². The van der Waals surface area contributed by atoms with Crippen molar-refractivity contribution >= 4 is 21.8 Å². The van der Waals surface area contributed by atoms with E-state index in [1.54, 1.807) is 12.1 Å². The van der Waals surface area contributed by atoms with Gasteiger partial charge in [-0.2, -0.15) is 10.5 Å². The van der Waals surface area contributed by atoms with Crippen molar-refractivity contribution in [2.75, 3.05) is 0 Å². The van der Waals surface area contributed by atoms with E-state index in [-0.39, 0.29) is 0 Å². The maximum Gasteiger partial charge on any atom is 0.0998 e. The van der Waals surface area contributed by atoms with Crippen molar-refractivity contribution < 1.29 is 0 Å². The number of aryl methyl sites for hydroxylation is 1. The molecule has 0 spiro atoms. The van der Waals surface area contributed by atoms with Crippen molar-refractivity contribution in [1.29, 1.82) is 10.5 Å². The molecule has 3 rings (SSSR count). The van der Waals surface area contributed by atoms with Gasteiger partial charge in [-0.1, -0.05) is 6.07 Å². The van der Waals surface area contributed by atoms with Crippen molar-refractivity contribution in [3.05, 3.63) is 47.5 Å². The normalized spacial score (nSPS) is 10.4. The summed E-state index contributed by atoms with van der Waals surface area (Å²) in [6.07, 6.45) is 0. The average molecular weight is 231 g/mol. The van der Waals surface area contributed by atoms with E-state index >= 15 is 0 Å². The van der Waals surface area contributed by atoms with Crippen molar-refractivity contribution in [3.8, 4) is 12.1 Å². The number of aromatic nitrogens is 1. The molecule has 3 heteroatoms. The minimum absolute atomic E-state index is 0.614. The molecule has 1 heterocycles. The van der Waals surface area contributed by atoms with Crippen LogP contribution in [0, 0.1) is 22.7 Å². The van der Waals surface area contributed by atoms with E-state index in [1.165, 1.54) is 0 Å². The van der Waals surface area contributed by atoms with E-state index in [0.29, 0.717) is 11.1 Å². The quantitative estimate of drug-likeness (QED) is 0.597. The maximum atomic E-state index is 9.21. The van der Waals surface area contributed by atoms with E-state index < -0.39 is 0 Å². The summed E-state index contributed by atoms with van der Waals surface area (Å²) < 4.78 is 2.05. The Bertz CT molecular complexity index is 857. The van der Waals surface area contributed by atoms with E-state index in [4.69, 9.17) is 5.26 Å². The molecular formula is C15H9N3. The largest absolute Gasteiger partial charge is 0.344 e. The molecule has 3 nitrogen and oxygen atoms in total. The SMILES string of the molecule is Cn1c2ccc(C#N)cc2c2c(C#N)cccc21. The third-order valence-corrected chi connectivity index (χ3v) is 3.28. The van der Waals surface area contributed by atoms with Crippen LogP contribution >= 0.6 is 0 Å². The first-order valence-corrected chi connectivity index (χ1v) is 5.57. The van der Waals surface area contributed by atoms with Crippen molar-refractivity contribution in [1.82, 2.24) is 4.57 Å². The summed E-state index contributed by atoms with van der Waals surface area (Å²) in [7, 11) is 1.97. The molecule has 84 valence electrons. The molecule has 3 aromatic rings. The van der Waals surface area contributed by atoms with Crippen molar-refractivity contribution in [3.63, 3.8) is 0 Å². The number of rotatable bonds is 0. The number of fused-ring (bicyclic) bond motifs is 3. The third-order valence-electron chi connectivity index (χ3n) is 3.28. The Morgan fingerprint density at radius 2 is 1.83 bits per heavy atom. The molecule has 0 atom stereocenters. The monoisotopic (exact) mass is 231 g/mol. The molecule has 0 amide bonds. The average Bonchev–Trinajstić information content (AvgIpc) is 2.72. The highest BCUT2D eigenvalue weighted by Gasteiger charge is 2.11. The summed E-state index contributed by atoms with van der Waals surface area (Å²) in [6, 6.07) is 15.6. The molecule has 0 saturated carbocycles. The summed E-state index contributed by atoms with van der Waals surface area (Å²) >= 11 is 0. The van der Waals surface area contributed by atoms with Crippen LogP contribution in [0.3, 0.4) is 0 Å². The highest BCUT2D eigenvalue weighted by atomic mass is 14.9. The van der Waals surface area contributed by atoms with E-state index in [0.717, 1.165) is 21.8 Å². The molecule has 0 N–H and O–H groups in total. The molecule has 1 aromatic heterocycles. The zero-order valence-electron chi connectivity index (χ0n) is 9.81. The van der Waals surface area contributed by atoms with Crippen LogP contribution in [0.5, 0.6) is 0 Å². The number of hydrogen-bond donors (Lipinski definition) is 0. The molecule has 0 radical (unpaired) electrons. The minimum Gasteiger partial charge on any atom is -0.344 e. The molecule has 0 aliphatic rings. The molecule has 0 aliphatic carbocycles. The number of hydrogen-bond acceptors (Lipinski definition) is 2. The second kappa shape index (κ2) is 3.61. The van der Waals surface area contributed by atoms with Gasteiger partial charge in [0, 0.05) is 23.3 Å². The van der Waals surface area contributed by atoms with Crippen LogP contribution in [0.25, 0.3) is 21.8 Å². The summed E-state index contributed by atoms with van der Waals surface area (Å²) in [4.78, 5) is 0. The van der Waals surface area contributed by atoms with E-state index in [2.05, 4.69) is 12.1 Å². The van der Waals surface area contributed by atoms with Crippen molar-refractivity contribution in [2.45, 2.75) is 0 Å². The zero-order valence-corrected chi connectivity index (χ0v) is 9.81. The van der Waals surface area contributed by atoms with Gasteiger partial charge < -0.3 is 4.57 Å². The lowest BCUT2D eigenvalue weighted by atomic mass is 10.1. The van der Waals surface area contributed by atoms with Gasteiger partial charge in [0.15, 0.2) is 0 Å². The predicted molar refractivity (Wildman–Crippen MR) is 69.9 cm³/mol. The fourth-order valence-electron chi connectivity index (χ4n) is 2.42. The minimum atomic E-state index is 0.614.